The minimum absolute atomic E-state index is 0.543. The van der Waals surface area contributed by atoms with Crippen molar-refractivity contribution >= 4 is 17.3 Å². The third kappa shape index (κ3) is 6.57. The zero-order chi connectivity index (χ0) is 16.3. The van der Waals surface area contributed by atoms with Crippen molar-refractivity contribution in [2.75, 3.05) is 19.8 Å². The molecule has 23 heavy (non-hydrogen) atoms. The average Bonchev–Trinajstić information content (AvgIpc) is 2.59. The number of rotatable bonds is 8. The first-order chi connectivity index (χ1) is 11.3. The van der Waals surface area contributed by atoms with E-state index < -0.39 is 0 Å². The molecule has 2 aromatic rings. The minimum atomic E-state index is 0.543. The number of thiocarbonyl (C=S) groups is 1. The van der Waals surface area contributed by atoms with Gasteiger partial charge in [-0.1, -0.05) is 30.3 Å². The van der Waals surface area contributed by atoms with Gasteiger partial charge < -0.3 is 20.1 Å². The molecular formula is C18H22N2O2S. The van der Waals surface area contributed by atoms with Crippen LogP contribution in [0.5, 0.6) is 11.5 Å². The van der Waals surface area contributed by atoms with Gasteiger partial charge in [0, 0.05) is 6.54 Å². The Morgan fingerprint density at radius 3 is 2.22 bits per heavy atom. The highest BCUT2D eigenvalue weighted by Gasteiger charge is 1.98. The molecule has 122 valence electrons. The Labute approximate surface area is 142 Å². The molecule has 0 bridgehead atoms. The van der Waals surface area contributed by atoms with Crippen LogP contribution in [0.2, 0.25) is 0 Å². The van der Waals surface area contributed by atoms with E-state index in [1.165, 1.54) is 5.56 Å². The third-order valence-electron chi connectivity index (χ3n) is 3.09. The molecule has 0 unspecified atom stereocenters. The second-order valence-corrected chi connectivity index (χ2v) is 5.26. The van der Waals surface area contributed by atoms with Crippen LogP contribution in [-0.2, 0) is 6.54 Å². The van der Waals surface area contributed by atoms with Crippen LogP contribution >= 0.6 is 12.2 Å². The van der Waals surface area contributed by atoms with Crippen LogP contribution in [0, 0.1) is 0 Å². The van der Waals surface area contributed by atoms with Gasteiger partial charge in [0.1, 0.15) is 18.1 Å². The molecule has 0 atom stereocenters. The lowest BCUT2D eigenvalue weighted by Crippen LogP contribution is -2.37. The monoisotopic (exact) mass is 330 g/mol. The van der Waals surface area contributed by atoms with Gasteiger partial charge in [0.05, 0.1) is 13.2 Å². The number of benzene rings is 2. The van der Waals surface area contributed by atoms with Crippen molar-refractivity contribution in [3.8, 4) is 11.5 Å². The average molecular weight is 330 g/mol. The second-order valence-electron chi connectivity index (χ2n) is 4.85. The molecule has 0 spiro atoms. The SMILES string of the molecule is CCOc1ccc(OCCNC(=S)NCc2ccccc2)cc1. The van der Waals surface area contributed by atoms with E-state index in [9.17, 15) is 0 Å². The van der Waals surface area contributed by atoms with E-state index in [-0.39, 0.29) is 0 Å². The molecule has 0 radical (unpaired) electrons. The summed E-state index contributed by atoms with van der Waals surface area (Å²) in [6, 6.07) is 17.7. The Hall–Kier alpha value is -2.27. The highest BCUT2D eigenvalue weighted by Crippen LogP contribution is 2.17. The molecule has 0 aliphatic rings. The van der Waals surface area contributed by atoms with Crippen molar-refractivity contribution in [1.82, 2.24) is 10.6 Å². The standard InChI is InChI=1S/C18H22N2O2S/c1-2-21-16-8-10-17(11-9-16)22-13-12-19-18(23)20-14-15-6-4-3-5-7-15/h3-11H,2,12-14H2,1H3,(H2,19,20,23). The number of ether oxygens (including phenoxy) is 2. The minimum Gasteiger partial charge on any atom is -0.494 e. The molecule has 4 nitrogen and oxygen atoms in total. The topological polar surface area (TPSA) is 42.5 Å². The maximum absolute atomic E-state index is 5.65. The highest BCUT2D eigenvalue weighted by atomic mass is 32.1. The molecule has 2 aromatic carbocycles. The van der Waals surface area contributed by atoms with Crippen LogP contribution in [0.4, 0.5) is 0 Å². The van der Waals surface area contributed by atoms with Crippen LogP contribution in [0.1, 0.15) is 12.5 Å². The van der Waals surface area contributed by atoms with Crippen molar-refractivity contribution in [2.24, 2.45) is 0 Å². The van der Waals surface area contributed by atoms with E-state index >= 15 is 0 Å². The van der Waals surface area contributed by atoms with Gasteiger partial charge in [-0.3, -0.25) is 0 Å². The molecule has 2 N–H and O–H groups in total. The van der Waals surface area contributed by atoms with Crippen molar-refractivity contribution in [3.63, 3.8) is 0 Å². The number of hydrogen-bond donors (Lipinski definition) is 2. The summed E-state index contributed by atoms with van der Waals surface area (Å²) in [6.07, 6.45) is 0. The van der Waals surface area contributed by atoms with Crippen LogP contribution in [0.3, 0.4) is 0 Å². The van der Waals surface area contributed by atoms with E-state index in [2.05, 4.69) is 22.8 Å². The molecule has 0 fully saturated rings. The van der Waals surface area contributed by atoms with Crippen LogP contribution in [0.15, 0.2) is 54.6 Å². The molecule has 0 aromatic heterocycles. The van der Waals surface area contributed by atoms with Gasteiger partial charge in [0.2, 0.25) is 0 Å². The van der Waals surface area contributed by atoms with Gasteiger partial charge in [0.15, 0.2) is 5.11 Å². The summed E-state index contributed by atoms with van der Waals surface area (Å²) in [5.74, 6) is 1.67. The van der Waals surface area contributed by atoms with Gasteiger partial charge in [-0.15, -0.1) is 0 Å². The number of hydrogen-bond acceptors (Lipinski definition) is 3. The summed E-state index contributed by atoms with van der Waals surface area (Å²) in [6.45, 7) is 4.53. The summed E-state index contributed by atoms with van der Waals surface area (Å²) in [7, 11) is 0. The number of nitrogens with one attached hydrogen (secondary N) is 2. The Bertz CT molecular complexity index is 588. The molecule has 5 heteroatoms. The lowest BCUT2D eigenvalue weighted by molar-refractivity contribution is 0.318. The molecule has 0 saturated carbocycles. The van der Waals surface area contributed by atoms with Gasteiger partial charge in [0.25, 0.3) is 0 Å². The van der Waals surface area contributed by atoms with Gasteiger partial charge in [-0.25, -0.2) is 0 Å². The van der Waals surface area contributed by atoms with E-state index in [1.54, 1.807) is 0 Å². The van der Waals surface area contributed by atoms with Crippen molar-refractivity contribution < 1.29 is 9.47 Å². The molecule has 0 saturated heterocycles. The smallest absolute Gasteiger partial charge is 0.166 e. The van der Waals surface area contributed by atoms with Crippen LogP contribution < -0.4 is 20.1 Å². The van der Waals surface area contributed by atoms with E-state index in [0.29, 0.717) is 31.4 Å². The Kier molecular flexibility index (Phi) is 7.20. The fourth-order valence-corrected chi connectivity index (χ4v) is 2.15. The van der Waals surface area contributed by atoms with Crippen LogP contribution in [-0.4, -0.2) is 24.9 Å². The third-order valence-corrected chi connectivity index (χ3v) is 3.38. The molecule has 0 amide bonds. The van der Waals surface area contributed by atoms with E-state index in [4.69, 9.17) is 21.7 Å². The first-order valence-electron chi connectivity index (χ1n) is 7.69. The summed E-state index contributed by atoms with van der Waals surface area (Å²) >= 11 is 5.24. The van der Waals surface area contributed by atoms with Gasteiger partial charge in [-0.2, -0.15) is 0 Å². The summed E-state index contributed by atoms with van der Waals surface area (Å²) < 4.78 is 11.0. The van der Waals surface area contributed by atoms with E-state index in [0.717, 1.165) is 11.5 Å². The molecular weight excluding hydrogens is 308 g/mol. The predicted molar refractivity (Wildman–Crippen MR) is 97.0 cm³/mol. The lowest BCUT2D eigenvalue weighted by atomic mass is 10.2. The van der Waals surface area contributed by atoms with Gasteiger partial charge >= 0.3 is 0 Å². The highest BCUT2D eigenvalue weighted by molar-refractivity contribution is 7.80. The largest absolute Gasteiger partial charge is 0.494 e. The first-order valence-corrected chi connectivity index (χ1v) is 8.10. The Balaban J connectivity index is 1.60. The fraction of sp³-hybridized carbons (Fsp3) is 0.278. The normalized spacial score (nSPS) is 9.96. The second kappa shape index (κ2) is 9.69. The summed E-state index contributed by atoms with van der Waals surface area (Å²) in [5.41, 5.74) is 1.20. The van der Waals surface area contributed by atoms with Crippen molar-refractivity contribution in [2.45, 2.75) is 13.5 Å². The summed E-state index contributed by atoms with van der Waals surface area (Å²) in [4.78, 5) is 0. The lowest BCUT2D eigenvalue weighted by Gasteiger charge is -2.11. The molecule has 0 aliphatic carbocycles. The maximum atomic E-state index is 5.65. The van der Waals surface area contributed by atoms with Crippen LogP contribution in [0.25, 0.3) is 0 Å². The molecule has 2 rings (SSSR count). The zero-order valence-electron chi connectivity index (χ0n) is 13.2. The molecule has 0 aliphatic heterocycles. The molecule has 0 heterocycles. The fourth-order valence-electron chi connectivity index (χ4n) is 1.97. The Morgan fingerprint density at radius 1 is 0.913 bits per heavy atom. The Morgan fingerprint density at radius 2 is 1.57 bits per heavy atom. The van der Waals surface area contributed by atoms with Crippen molar-refractivity contribution in [3.05, 3.63) is 60.2 Å². The quantitative estimate of drug-likeness (QED) is 0.575. The predicted octanol–water partition coefficient (Wildman–Crippen LogP) is 3.13. The van der Waals surface area contributed by atoms with E-state index in [1.807, 2.05) is 49.4 Å². The first kappa shape index (κ1) is 17.1. The summed E-state index contributed by atoms with van der Waals surface area (Å²) in [5, 5.41) is 6.92. The van der Waals surface area contributed by atoms with Crippen molar-refractivity contribution in [1.29, 1.82) is 0 Å². The van der Waals surface area contributed by atoms with Gasteiger partial charge in [-0.05, 0) is 49.0 Å². The zero-order valence-corrected chi connectivity index (χ0v) is 14.1. The maximum Gasteiger partial charge on any atom is 0.166 e.